The topological polar surface area (TPSA) is 83.8 Å². The highest BCUT2D eigenvalue weighted by atomic mass is 16.5. The molecule has 1 unspecified atom stereocenters. The number of aliphatic hydroxyl groups is 2. The number of carbonyl (C=O) groups excluding carboxylic acids is 2. The van der Waals surface area contributed by atoms with Gasteiger partial charge in [0.05, 0.1) is 6.61 Å². The van der Waals surface area contributed by atoms with Crippen LogP contribution < -0.4 is 0 Å². The molecule has 5 nitrogen and oxygen atoms in total. The van der Waals surface area contributed by atoms with Crippen LogP contribution in [0.3, 0.4) is 0 Å². The molecule has 0 aromatic carbocycles. The van der Waals surface area contributed by atoms with Crippen LogP contribution in [0.2, 0.25) is 0 Å². The normalized spacial score (nSPS) is 12.2. The minimum absolute atomic E-state index is 0.180. The van der Waals surface area contributed by atoms with Crippen molar-refractivity contribution in [3.63, 3.8) is 0 Å². The van der Waals surface area contributed by atoms with Crippen LogP contribution in [0, 0.1) is 0 Å². The van der Waals surface area contributed by atoms with Crippen molar-refractivity contribution in [1.82, 2.24) is 0 Å². The summed E-state index contributed by atoms with van der Waals surface area (Å²) in [5.41, 5.74) is 0. The predicted octanol–water partition coefficient (Wildman–Crippen LogP) is 1.98. The largest absolute Gasteiger partial charge is 0.463 e. The van der Waals surface area contributed by atoms with Crippen molar-refractivity contribution in [2.75, 3.05) is 13.2 Å². The molecular formula is C15H28O5. The van der Waals surface area contributed by atoms with Crippen LogP contribution in [0.5, 0.6) is 0 Å². The Morgan fingerprint density at radius 1 is 1.00 bits per heavy atom. The van der Waals surface area contributed by atoms with Gasteiger partial charge in [-0.3, -0.25) is 9.59 Å². The molecule has 118 valence electrons. The SMILES string of the molecule is CCCCCCCC(=O)CCCC(=O)OCC(O)CO. The Hall–Kier alpha value is -0.940. The van der Waals surface area contributed by atoms with Crippen LogP contribution in [0.25, 0.3) is 0 Å². The van der Waals surface area contributed by atoms with Gasteiger partial charge in [-0.05, 0) is 12.8 Å². The van der Waals surface area contributed by atoms with E-state index in [4.69, 9.17) is 14.9 Å². The predicted molar refractivity (Wildman–Crippen MR) is 76.3 cm³/mol. The van der Waals surface area contributed by atoms with Gasteiger partial charge in [-0.2, -0.15) is 0 Å². The minimum Gasteiger partial charge on any atom is -0.463 e. The minimum atomic E-state index is -1.02. The first-order valence-corrected chi connectivity index (χ1v) is 7.56. The molecule has 0 spiro atoms. The Balaban J connectivity index is 3.44. The highest BCUT2D eigenvalue weighted by Crippen LogP contribution is 2.08. The first-order valence-electron chi connectivity index (χ1n) is 7.56. The van der Waals surface area contributed by atoms with Gasteiger partial charge in [0.1, 0.15) is 18.5 Å². The molecule has 0 aliphatic rings. The second-order valence-corrected chi connectivity index (χ2v) is 5.08. The molecule has 0 saturated heterocycles. The molecule has 0 aromatic heterocycles. The summed E-state index contributed by atoms with van der Waals surface area (Å²) in [7, 11) is 0. The van der Waals surface area contributed by atoms with Crippen molar-refractivity contribution in [3.8, 4) is 0 Å². The summed E-state index contributed by atoms with van der Waals surface area (Å²) in [5.74, 6) is -0.238. The number of hydrogen-bond donors (Lipinski definition) is 2. The molecule has 20 heavy (non-hydrogen) atoms. The fourth-order valence-electron chi connectivity index (χ4n) is 1.79. The summed E-state index contributed by atoms with van der Waals surface area (Å²) in [6, 6.07) is 0. The van der Waals surface area contributed by atoms with E-state index >= 15 is 0 Å². The van der Waals surface area contributed by atoms with Gasteiger partial charge < -0.3 is 14.9 Å². The second-order valence-electron chi connectivity index (χ2n) is 5.08. The van der Waals surface area contributed by atoms with Gasteiger partial charge >= 0.3 is 5.97 Å². The molecule has 0 fully saturated rings. The van der Waals surface area contributed by atoms with Crippen LogP contribution in [0.4, 0.5) is 0 Å². The molecule has 0 rings (SSSR count). The van der Waals surface area contributed by atoms with Gasteiger partial charge in [0.2, 0.25) is 0 Å². The number of carbonyl (C=O) groups is 2. The molecule has 1 atom stereocenters. The van der Waals surface area contributed by atoms with Crippen molar-refractivity contribution in [1.29, 1.82) is 0 Å². The van der Waals surface area contributed by atoms with Crippen molar-refractivity contribution >= 4 is 11.8 Å². The Bertz CT molecular complexity index is 265. The number of esters is 1. The van der Waals surface area contributed by atoms with Gasteiger partial charge in [-0.1, -0.05) is 32.6 Å². The molecule has 0 aromatic rings. The number of Topliss-reactive ketones (excluding diaryl/α,β-unsaturated/α-hetero) is 1. The third-order valence-corrected chi connectivity index (χ3v) is 3.04. The molecule has 0 bridgehead atoms. The van der Waals surface area contributed by atoms with E-state index in [1.54, 1.807) is 0 Å². The fraction of sp³-hybridized carbons (Fsp3) is 0.867. The van der Waals surface area contributed by atoms with Crippen LogP contribution in [0.15, 0.2) is 0 Å². The van der Waals surface area contributed by atoms with Gasteiger partial charge in [-0.15, -0.1) is 0 Å². The molecule has 0 heterocycles. The molecule has 2 N–H and O–H groups in total. The summed E-state index contributed by atoms with van der Waals surface area (Å²) >= 11 is 0. The maximum Gasteiger partial charge on any atom is 0.305 e. The zero-order chi connectivity index (χ0) is 15.2. The number of rotatable bonds is 13. The smallest absolute Gasteiger partial charge is 0.305 e. The lowest BCUT2D eigenvalue weighted by Gasteiger charge is -2.08. The molecular weight excluding hydrogens is 260 g/mol. The maximum atomic E-state index is 11.5. The lowest BCUT2D eigenvalue weighted by molar-refractivity contribution is -0.147. The number of aliphatic hydroxyl groups excluding tert-OH is 2. The van der Waals surface area contributed by atoms with Crippen molar-refractivity contribution in [3.05, 3.63) is 0 Å². The summed E-state index contributed by atoms with van der Waals surface area (Å²) in [6.45, 7) is 1.54. The van der Waals surface area contributed by atoms with E-state index in [0.29, 0.717) is 19.3 Å². The van der Waals surface area contributed by atoms with Crippen LogP contribution >= 0.6 is 0 Å². The summed E-state index contributed by atoms with van der Waals surface area (Å²) in [4.78, 5) is 22.8. The standard InChI is InChI=1S/C15H28O5/c1-2-3-4-5-6-8-13(17)9-7-10-15(19)20-12-14(18)11-16/h14,16,18H,2-12H2,1H3. The van der Waals surface area contributed by atoms with E-state index < -0.39 is 18.7 Å². The average molecular weight is 288 g/mol. The third-order valence-electron chi connectivity index (χ3n) is 3.04. The number of unbranched alkanes of at least 4 members (excludes halogenated alkanes) is 4. The Kier molecular flexibility index (Phi) is 12.4. The highest BCUT2D eigenvalue weighted by molar-refractivity contribution is 5.79. The first-order chi connectivity index (χ1) is 9.60. The first kappa shape index (κ1) is 19.1. The molecule has 0 aliphatic carbocycles. The fourth-order valence-corrected chi connectivity index (χ4v) is 1.79. The lowest BCUT2D eigenvalue weighted by Crippen LogP contribution is -2.21. The maximum absolute atomic E-state index is 11.5. The van der Waals surface area contributed by atoms with Crippen LogP contribution in [-0.2, 0) is 14.3 Å². The second kappa shape index (κ2) is 13.1. The summed E-state index contributed by atoms with van der Waals surface area (Å²) in [5, 5.41) is 17.5. The number of ketones is 1. The summed E-state index contributed by atoms with van der Waals surface area (Å²) in [6.07, 6.45) is 6.29. The Morgan fingerprint density at radius 3 is 2.30 bits per heavy atom. The Morgan fingerprint density at radius 2 is 1.65 bits per heavy atom. The lowest BCUT2D eigenvalue weighted by atomic mass is 10.1. The molecule has 0 radical (unpaired) electrons. The van der Waals surface area contributed by atoms with Gasteiger partial charge in [0.25, 0.3) is 0 Å². The van der Waals surface area contributed by atoms with Gasteiger partial charge in [-0.25, -0.2) is 0 Å². The molecule has 0 saturated carbocycles. The zero-order valence-electron chi connectivity index (χ0n) is 12.5. The van der Waals surface area contributed by atoms with Crippen LogP contribution in [0.1, 0.15) is 64.7 Å². The average Bonchev–Trinajstić information content (AvgIpc) is 2.44. The monoisotopic (exact) mass is 288 g/mol. The van der Waals surface area contributed by atoms with Gasteiger partial charge in [0.15, 0.2) is 0 Å². The van der Waals surface area contributed by atoms with Gasteiger partial charge in [0, 0.05) is 19.3 Å². The van der Waals surface area contributed by atoms with Crippen LogP contribution in [-0.4, -0.2) is 41.3 Å². The number of ether oxygens (including phenoxy) is 1. The number of hydrogen-bond acceptors (Lipinski definition) is 5. The zero-order valence-corrected chi connectivity index (χ0v) is 12.5. The van der Waals surface area contributed by atoms with Crippen molar-refractivity contribution in [2.24, 2.45) is 0 Å². The van der Waals surface area contributed by atoms with E-state index in [1.165, 1.54) is 19.3 Å². The molecule has 0 amide bonds. The van der Waals surface area contributed by atoms with E-state index in [0.717, 1.165) is 12.8 Å². The quantitative estimate of drug-likeness (QED) is 0.400. The highest BCUT2D eigenvalue weighted by Gasteiger charge is 2.09. The van der Waals surface area contributed by atoms with Crippen molar-refractivity contribution < 1.29 is 24.5 Å². The van der Waals surface area contributed by atoms with E-state index in [-0.39, 0.29) is 18.8 Å². The van der Waals surface area contributed by atoms with Crippen molar-refractivity contribution in [2.45, 2.75) is 70.8 Å². The molecule has 5 heteroatoms. The third kappa shape index (κ3) is 12.1. The van der Waals surface area contributed by atoms with E-state index in [9.17, 15) is 9.59 Å². The van der Waals surface area contributed by atoms with E-state index in [1.807, 2.05) is 0 Å². The summed E-state index contributed by atoms with van der Waals surface area (Å²) < 4.78 is 4.74. The Labute approximate surface area is 121 Å². The van der Waals surface area contributed by atoms with E-state index in [2.05, 4.69) is 6.92 Å². The molecule has 0 aliphatic heterocycles.